The van der Waals surface area contributed by atoms with Crippen molar-refractivity contribution in [2.24, 2.45) is 0 Å². The first-order chi connectivity index (χ1) is 10.6. The van der Waals surface area contributed by atoms with Crippen LogP contribution in [0.2, 0.25) is 0 Å². The van der Waals surface area contributed by atoms with E-state index in [1.807, 2.05) is 0 Å². The van der Waals surface area contributed by atoms with Crippen LogP contribution in [0.1, 0.15) is 15.9 Å². The zero-order chi connectivity index (χ0) is 17.3. The Balaban J connectivity index is 0.00000288. The van der Waals surface area contributed by atoms with Crippen LogP contribution >= 0.6 is 0 Å². The van der Waals surface area contributed by atoms with Crippen LogP contribution in [0, 0.1) is 5.82 Å². The van der Waals surface area contributed by atoms with Crippen molar-refractivity contribution in [2.45, 2.75) is 11.1 Å². The summed E-state index contributed by atoms with van der Waals surface area (Å²) in [6.07, 6.45) is -2.88. The van der Waals surface area contributed by atoms with Crippen molar-refractivity contribution in [3.63, 3.8) is 0 Å². The van der Waals surface area contributed by atoms with Gasteiger partial charge in [-0.1, -0.05) is 0 Å². The largest absolute Gasteiger partial charge is 1.00 e. The summed E-state index contributed by atoms with van der Waals surface area (Å²) < 4.78 is 78.0. The van der Waals surface area contributed by atoms with Gasteiger partial charge in [0.25, 0.3) is 0 Å². The van der Waals surface area contributed by atoms with Crippen LogP contribution in [0.5, 0.6) is 0 Å². The number of hydrogen-bond donors (Lipinski definition) is 0. The van der Waals surface area contributed by atoms with E-state index in [-0.39, 0.29) is 35.6 Å². The van der Waals surface area contributed by atoms with Gasteiger partial charge in [-0.3, -0.25) is 4.98 Å². The topological polar surface area (TPSA) is 78.2 Å². The van der Waals surface area contributed by atoms with Gasteiger partial charge in [0.05, 0.1) is 16.4 Å². The second kappa shape index (κ2) is 7.60. The van der Waals surface area contributed by atoms with E-state index in [9.17, 15) is 30.8 Å². The summed E-state index contributed by atoms with van der Waals surface area (Å²) in [6, 6.07) is 3.57. The number of sulfonamides is 1. The van der Waals surface area contributed by atoms with Gasteiger partial charge in [-0.25, -0.2) is 12.8 Å². The summed E-state index contributed by atoms with van der Waals surface area (Å²) in [5.74, 6) is -2.87. The Kier molecular flexibility index (Phi) is 6.51. The van der Waals surface area contributed by atoms with Gasteiger partial charge in [0.2, 0.25) is 0 Å². The molecule has 0 spiro atoms. The maximum absolute atomic E-state index is 13.0. The molecule has 1 heterocycles. The van der Waals surface area contributed by atoms with Crippen molar-refractivity contribution in [2.75, 3.05) is 0 Å². The number of aromatic nitrogens is 1. The van der Waals surface area contributed by atoms with Crippen LogP contribution in [0.25, 0.3) is 4.72 Å². The molecule has 122 valence electrons. The molecule has 11 heteroatoms. The Morgan fingerprint density at radius 2 is 1.83 bits per heavy atom. The number of halogens is 4. The number of amides is 1. The van der Waals surface area contributed by atoms with E-state index in [0.717, 1.165) is 12.3 Å². The molecular weight excluding hydrogens is 363 g/mol. The first-order valence-corrected chi connectivity index (χ1v) is 7.34. The van der Waals surface area contributed by atoms with Gasteiger partial charge in [0.1, 0.15) is 15.8 Å². The van der Waals surface area contributed by atoms with Gasteiger partial charge in [0, 0.05) is 18.0 Å². The Bertz CT molecular complexity index is 842. The Hall–Kier alpha value is -1.49. The van der Waals surface area contributed by atoms with Crippen molar-refractivity contribution in [3.05, 3.63) is 64.4 Å². The van der Waals surface area contributed by atoms with Gasteiger partial charge in [-0.05, 0) is 30.3 Å². The fraction of sp³-hybridized carbons (Fsp3) is 0.0769. The molecule has 1 amide bonds. The number of alkyl halides is 3. The third kappa shape index (κ3) is 4.76. The molecule has 0 aliphatic carbocycles. The number of carbonyl (C=O) groups is 1. The van der Waals surface area contributed by atoms with E-state index in [1.165, 1.54) is 12.3 Å². The van der Waals surface area contributed by atoms with Crippen molar-refractivity contribution < 1.29 is 60.3 Å². The summed E-state index contributed by atoms with van der Waals surface area (Å²) in [6.45, 7) is 0. The number of carbonyl (C=O) groups excluding carboxylic acids is 1. The molecule has 0 aliphatic rings. The number of nitrogens with zero attached hydrogens (tertiary/aromatic N) is 2. The summed E-state index contributed by atoms with van der Waals surface area (Å²) in [5.41, 5.74) is -2.67. The normalized spacial score (nSPS) is 11.5. The summed E-state index contributed by atoms with van der Waals surface area (Å²) >= 11 is 0. The molecule has 1 aromatic carbocycles. The van der Waals surface area contributed by atoms with Crippen molar-refractivity contribution in [1.29, 1.82) is 0 Å². The van der Waals surface area contributed by atoms with Gasteiger partial charge in [-0.2, -0.15) is 13.2 Å². The molecule has 1 aromatic heterocycles. The third-order valence-corrected chi connectivity index (χ3v) is 3.90. The molecule has 2 aromatic rings. The smallest absolute Gasteiger partial charge is 0.537 e. The predicted molar refractivity (Wildman–Crippen MR) is 70.5 cm³/mol. The van der Waals surface area contributed by atoms with E-state index in [4.69, 9.17) is 0 Å². The van der Waals surface area contributed by atoms with Crippen molar-refractivity contribution >= 4 is 15.9 Å². The minimum Gasteiger partial charge on any atom is -0.537 e. The van der Waals surface area contributed by atoms with Gasteiger partial charge < -0.3 is 9.52 Å². The number of benzene rings is 1. The molecule has 0 atom stereocenters. The van der Waals surface area contributed by atoms with E-state index in [1.54, 1.807) is 0 Å². The Labute approximate surface area is 156 Å². The van der Waals surface area contributed by atoms with Crippen LogP contribution in [0.4, 0.5) is 17.6 Å². The fourth-order valence-corrected chi connectivity index (χ4v) is 2.51. The van der Waals surface area contributed by atoms with E-state index in [2.05, 4.69) is 9.71 Å². The van der Waals surface area contributed by atoms with E-state index < -0.39 is 43.9 Å². The SMILES string of the molecule is O=C([N-]S(=O)(=O)c1cccnc1)c1ccc(F)cc1C(F)(F)F.[Na+]. The number of rotatable bonds is 3. The third-order valence-electron chi connectivity index (χ3n) is 2.65. The number of hydrogen-bond acceptors (Lipinski definition) is 4. The maximum atomic E-state index is 13.0. The molecular formula is C13H7F4N2NaO3S. The standard InChI is InChI=1S/C13H8F4N2O3S.Na/c14-8-3-4-10(11(6-8)13(15,16)17)12(20)19-23(21,22)9-2-1-5-18-7-9;/h1-7H,(H,19,20);/q;+1/p-1. The van der Waals surface area contributed by atoms with Crippen LogP contribution in [-0.4, -0.2) is 19.3 Å². The summed E-state index contributed by atoms with van der Waals surface area (Å²) in [5, 5.41) is 0. The van der Waals surface area contributed by atoms with Gasteiger partial charge in [-0.15, -0.1) is 0 Å². The first kappa shape index (κ1) is 20.6. The molecule has 0 saturated heterocycles. The molecule has 0 radical (unpaired) electrons. The minimum absolute atomic E-state index is 0. The minimum atomic E-state index is -5.04. The first-order valence-electron chi connectivity index (χ1n) is 5.90. The van der Waals surface area contributed by atoms with E-state index >= 15 is 0 Å². The second-order valence-corrected chi connectivity index (χ2v) is 5.85. The average molecular weight is 370 g/mol. The zero-order valence-corrected chi connectivity index (χ0v) is 14.9. The molecule has 0 fully saturated rings. The molecule has 0 N–H and O–H groups in total. The molecule has 0 saturated carbocycles. The van der Waals surface area contributed by atoms with Crippen LogP contribution in [0.15, 0.2) is 47.6 Å². The molecule has 0 bridgehead atoms. The van der Waals surface area contributed by atoms with Crippen LogP contribution in [-0.2, 0) is 16.2 Å². The van der Waals surface area contributed by atoms with Gasteiger partial charge >= 0.3 is 35.7 Å². The van der Waals surface area contributed by atoms with Crippen LogP contribution < -0.4 is 29.6 Å². The van der Waals surface area contributed by atoms with Gasteiger partial charge in [0.15, 0.2) is 0 Å². The molecule has 0 aliphatic heterocycles. The quantitative estimate of drug-likeness (QED) is 0.569. The molecule has 5 nitrogen and oxygen atoms in total. The summed E-state index contributed by atoms with van der Waals surface area (Å²) in [4.78, 5) is 14.9. The summed E-state index contributed by atoms with van der Waals surface area (Å²) in [7, 11) is -4.53. The maximum Gasteiger partial charge on any atom is 1.00 e. The second-order valence-electron chi connectivity index (χ2n) is 4.25. The molecule has 0 unspecified atom stereocenters. The predicted octanol–water partition coefficient (Wildman–Crippen LogP) is 0.146. The fourth-order valence-electron chi connectivity index (χ4n) is 1.65. The Morgan fingerprint density at radius 1 is 1.17 bits per heavy atom. The van der Waals surface area contributed by atoms with E-state index in [0.29, 0.717) is 12.1 Å². The Morgan fingerprint density at radius 3 is 2.38 bits per heavy atom. The monoisotopic (exact) mass is 370 g/mol. The molecule has 2 rings (SSSR count). The average Bonchev–Trinajstić information content (AvgIpc) is 2.46. The van der Waals surface area contributed by atoms with Crippen molar-refractivity contribution in [1.82, 2.24) is 4.98 Å². The van der Waals surface area contributed by atoms with Crippen molar-refractivity contribution in [3.8, 4) is 0 Å². The zero-order valence-electron chi connectivity index (χ0n) is 12.1. The van der Waals surface area contributed by atoms with Crippen LogP contribution in [0.3, 0.4) is 0 Å². The molecule has 24 heavy (non-hydrogen) atoms. The number of pyridine rings is 1.